The average molecular weight is 616 g/mol. The Kier molecular flexibility index (Phi) is 8.42. The molecular formula is C37H33N3O4S. The molecule has 1 saturated heterocycles. The Labute approximate surface area is 265 Å². The van der Waals surface area contributed by atoms with Crippen molar-refractivity contribution < 1.29 is 14.3 Å². The number of morpholine rings is 1. The number of carbonyl (C=O) groups excluding carboxylic acids is 1. The Morgan fingerprint density at radius 3 is 2.51 bits per heavy atom. The molecule has 0 bridgehead atoms. The molecule has 1 fully saturated rings. The van der Waals surface area contributed by atoms with Gasteiger partial charge in [-0.15, -0.1) is 11.3 Å². The monoisotopic (exact) mass is 615 g/mol. The maximum atomic E-state index is 14.7. The van der Waals surface area contributed by atoms with Crippen molar-refractivity contribution in [3.05, 3.63) is 136 Å². The van der Waals surface area contributed by atoms with Crippen LogP contribution < -0.4 is 20.5 Å². The number of fused-ring (bicyclic) bond motifs is 3. The number of benzene rings is 3. The molecule has 3 aromatic carbocycles. The number of thiophene rings is 1. The molecule has 226 valence electrons. The van der Waals surface area contributed by atoms with Crippen LogP contribution in [0.3, 0.4) is 0 Å². The first kappa shape index (κ1) is 29.0. The molecule has 7 nitrogen and oxygen atoms in total. The van der Waals surface area contributed by atoms with E-state index in [1.165, 1.54) is 11.3 Å². The number of hydrogen-bond donors (Lipinski definition) is 1. The maximum Gasteiger partial charge on any atom is 0.263 e. The summed E-state index contributed by atoms with van der Waals surface area (Å²) >= 11 is 1.53. The molecule has 1 atom stereocenters. The summed E-state index contributed by atoms with van der Waals surface area (Å²) < 4.78 is 14.5. The minimum absolute atomic E-state index is 0.0232. The predicted molar refractivity (Wildman–Crippen MR) is 181 cm³/mol. The zero-order valence-corrected chi connectivity index (χ0v) is 25.5. The van der Waals surface area contributed by atoms with E-state index in [1.54, 1.807) is 16.7 Å². The third kappa shape index (κ3) is 6.13. The first-order valence-electron chi connectivity index (χ1n) is 15.2. The van der Waals surface area contributed by atoms with E-state index in [0.717, 1.165) is 40.0 Å². The van der Waals surface area contributed by atoms with E-state index in [2.05, 4.69) is 5.32 Å². The number of nitrogens with one attached hydrogen (secondary N) is 1. The molecule has 0 saturated carbocycles. The van der Waals surface area contributed by atoms with Crippen molar-refractivity contribution in [3.63, 3.8) is 0 Å². The largest absolute Gasteiger partial charge is 0.489 e. The third-order valence-corrected chi connectivity index (χ3v) is 9.12. The van der Waals surface area contributed by atoms with Crippen LogP contribution in [-0.4, -0.2) is 42.7 Å². The van der Waals surface area contributed by atoms with E-state index >= 15 is 0 Å². The van der Waals surface area contributed by atoms with E-state index in [1.807, 2.05) is 107 Å². The summed E-state index contributed by atoms with van der Waals surface area (Å²) in [6.07, 6.45) is 2.48. The van der Waals surface area contributed by atoms with Gasteiger partial charge in [0.1, 0.15) is 12.4 Å². The number of ether oxygens (including phenoxy) is 2. The third-order valence-electron chi connectivity index (χ3n) is 8.18. The lowest BCUT2D eigenvalue weighted by Gasteiger charge is -2.28. The van der Waals surface area contributed by atoms with E-state index in [0.29, 0.717) is 48.6 Å². The molecular weight excluding hydrogens is 582 g/mol. The van der Waals surface area contributed by atoms with E-state index in [4.69, 9.17) is 9.47 Å². The molecule has 0 aliphatic carbocycles. The van der Waals surface area contributed by atoms with Gasteiger partial charge >= 0.3 is 0 Å². The first-order chi connectivity index (χ1) is 22.2. The molecule has 6 aromatic rings. The number of nitrogens with zero attached hydrogens (tertiary/aromatic N) is 2. The maximum absolute atomic E-state index is 14.7. The summed E-state index contributed by atoms with van der Waals surface area (Å²) in [7, 11) is 0. The number of pyridine rings is 2. The van der Waals surface area contributed by atoms with Gasteiger partial charge in [-0.05, 0) is 70.8 Å². The van der Waals surface area contributed by atoms with Crippen molar-refractivity contribution >= 4 is 38.5 Å². The first-order valence-corrected chi connectivity index (χ1v) is 16.1. The highest BCUT2D eigenvalue weighted by Gasteiger charge is 2.26. The molecule has 45 heavy (non-hydrogen) atoms. The quantitative estimate of drug-likeness (QED) is 0.194. The zero-order chi connectivity index (χ0) is 30.6. The topological polar surface area (TPSA) is 72.3 Å². The number of rotatable bonds is 9. The molecule has 4 heterocycles. The summed E-state index contributed by atoms with van der Waals surface area (Å²) in [5.41, 5.74) is 3.97. The Morgan fingerprint density at radius 2 is 1.76 bits per heavy atom. The predicted octanol–water partition coefficient (Wildman–Crippen LogP) is 6.79. The van der Waals surface area contributed by atoms with E-state index < -0.39 is 0 Å². The van der Waals surface area contributed by atoms with Crippen LogP contribution in [0.2, 0.25) is 0 Å². The second-order valence-corrected chi connectivity index (χ2v) is 12.0. The SMILES string of the molecule is O=C(c1cc(-c2ccc(OCc3ccccc3)cc2)c(=O)n2ccc3ccsc3c12)N(CCC1CNCCO1)c1ccccc1. The Morgan fingerprint density at radius 1 is 0.978 bits per heavy atom. The lowest BCUT2D eigenvalue weighted by atomic mass is 10.0. The fourth-order valence-electron chi connectivity index (χ4n) is 5.83. The van der Waals surface area contributed by atoms with Crippen molar-refractivity contribution in [3.8, 4) is 16.9 Å². The van der Waals surface area contributed by atoms with Crippen LogP contribution in [0.4, 0.5) is 5.69 Å². The van der Waals surface area contributed by atoms with Crippen LogP contribution in [-0.2, 0) is 11.3 Å². The number of carbonyl (C=O) groups is 1. The number of para-hydroxylation sites is 1. The minimum atomic E-state index is -0.178. The smallest absolute Gasteiger partial charge is 0.263 e. The average Bonchev–Trinajstić information content (AvgIpc) is 3.59. The van der Waals surface area contributed by atoms with Gasteiger partial charge in [0, 0.05) is 37.1 Å². The lowest BCUT2D eigenvalue weighted by molar-refractivity contribution is 0.0249. The van der Waals surface area contributed by atoms with Crippen LogP contribution in [0.15, 0.2) is 119 Å². The normalized spacial score (nSPS) is 14.9. The van der Waals surface area contributed by atoms with Crippen LogP contribution in [0.1, 0.15) is 22.3 Å². The highest BCUT2D eigenvalue weighted by atomic mass is 32.1. The minimum Gasteiger partial charge on any atom is -0.489 e. The summed E-state index contributed by atoms with van der Waals surface area (Å²) in [5.74, 6) is 0.544. The molecule has 1 unspecified atom stereocenters. The fraction of sp³-hybridized carbons (Fsp3) is 0.189. The molecule has 8 heteroatoms. The Hall–Kier alpha value is -4.76. The second kappa shape index (κ2) is 13.1. The molecule has 1 N–H and O–H groups in total. The summed E-state index contributed by atoms with van der Waals surface area (Å²) in [4.78, 5) is 30.5. The summed E-state index contributed by atoms with van der Waals surface area (Å²) in [6.45, 7) is 3.18. The van der Waals surface area contributed by atoms with Gasteiger partial charge in [0.15, 0.2) is 0 Å². The molecule has 3 aromatic heterocycles. The second-order valence-electron chi connectivity index (χ2n) is 11.1. The van der Waals surface area contributed by atoms with Gasteiger partial charge in [-0.1, -0.05) is 60.7 Å². The van der Waals surface area contributed by atoms with Gasteiger partial charge in [-0.25, -0.2) is 0 Å². The van der Waals surface area contributed by atoms with Crippen molar-refractivity contribution in [2.24, 2.45) is 0 Å². The number of aromatic nitrogens is 1. The van der Waals surface area contributed by atoms with E-state index in [-0.39, 0.29) is 17.6 Å². The highest BCUT2D eigenvalue weighted by Crippen LogP contribution is 2.32. The van der Waals surface area contributed by atoms with Crippen LogP contribution >= 0.6 is 11.3 Å². The molecule has 7 rings (SSSR count). The van der Waals surface area contributed by atoms with Gasteiger partial charge in [0.2, 0.25) is 0 Å². The van der Waals surface area contributed by atoms with Crippen LogP contribution in [0, 0.1) is 0 Å². The summed E-state index contributed by atoms with van der Waals surface area (Å²) in [6, 6.07) is 32.9. The number of amides is 1. The molecule has 1 aliphatic heterocycles. The zero-order valence-electron chi connectivity index (χ0n) is 24.7. The van der Waals surface area contributed by atoms with Gasteiger partial charge in [-0.3, -0.25) is 14.0 Å². The Balaban J connectivity index is 1.29. The Bertz CT molecular complexity index is 1980. The molecule has 1 aliphatic rings. The molecule has 0 spiro atoms. The van der Waals surface area contributed by atoms with Crippen LogP contribution in [0.25, 0.3) is 26.7 Å². The van der Waals surface area contributed by atoms with Gasteiger partial charge in [0.25, 0.3) is 11.5 Å². The van der Waals surface area contributed by atoms with Crippen molar-refractivity contribution in [1.29, 1.82) is 0 Å². The number of hydrogen-bond acceptors (Lipinski definition) is 6. The lowest BCUT2D eigenvalue weighted by Crippen LogP contribution is -2.41. The molecule has 0 radical (unpaired) electrons. The fourth-order valence-corrected chi connectivity index (χ4v) is 6.77. The van der Waals surface area contributed by atoms with Gasteiger partial charge < -0.3 is 19.7 Å². The van der Waals surface area contributed by atoms with Gasteiger partial charge in [0.05, 0.1) is 28.5 Å². The standard InChI is InChI=1S/C37H33N3O4S/c41-36-32(27-11-13-30(14-12-27)44-25-26-7-3-1-4-8-26)23-33(34-35-28(17-22-45-35)15-19-40(34)36)37(42)39(29-9-5-2-6-10-29)20-16-31-24-38-18-21-43-31/h1-15,17,19,22-23,31,38H,16,18,20-21,24-25H2. The van der Waals surface area contributed by atoms with Crippen molar-refractivity contribution in [2.45, 2.75) is 19.1 Å². The number of anilines is 1. The molecule has 1 amide bonds. The van der Waals surface area contributed by atoms with E-state index in [9.17, 15) is 9.59 Å². The van der Waals surface area contributed by atoms with Crippen LogP contribution in [0.5, 0.6) is 5.75 Å². The highest BCUT2D eigenvalue weighted by molar-refractivity contribution is 7.18. The van der Waals surface area contributed by atoms with Crippen molar-refractivity contribution in [2.75, 3.05) is 31.1 Å². The van der Waals surface area contributed by atoms with Gasteiger partial charge in [-0.2, -0.15) is 0 Å². The van der Waals surface area contributed by atoms with Crippen molar-refractivity contribution in [1.82, 2.24) is 9.72 Å². The summed E-state index contributed by atoms with van der Waals surface area (Å²) in [5, 5.41) is 6.37.